The van der Waals surface area contributed by atoms with Crippen LogP contribution in [-0.2, 0) is 14.1 Å². The quantitative estimate of drug-likeness (QED) is 0.402. The van der Waals surface area contributed by atoms with Crippen molar-refractivity contribution in [1.82, 2.24) is 19.1 Å². The zero-order valence-corrected chi connectivity index (χ0v) is 13.3. The number of aryl methyl sites for hydroxylation is 2. The van der Waals surface area contributed by atoms with Crippen molar-refractivity contribution >= 4 is 21.8 Å². The lowest BCUT2D eigenvalue weighted by atomic mass is 10.1. The van der Waals surface area contributed by atoms with E-state index in [4.69, 9.17) is 4.42 Å². The summed E-state index contributed by atoms with van der Waals surface area (Å²) in [6, 6.07) is 6.23. The summed E-state index contributed by atoms with van der Waals surface area (Å²) in [5, 5.41) is 2.18. The van der Waals surface area contributed by atoms with Gasteiger partial charge in [0.15, 0.2) is 0 Å². The van der Waals surface area contributed by atoms with Crippen LogP contribution in [0, 0.1) is 6.33 Å². The topological polar surface area (TPSA) is 55.6 Å². The van der Waals surface area contributed by atoms with Crippen LogP contribution in [0.4, 0.5) is 0 Å². The molecule has 0 atom stereocenters. The van der Waals surface area contributed by atoms with Gasteiger partial charge in [-0.3, -0.25) is 4.57 Å². The van der Waals surface area contributed by atoms with Crippen LogP contribution in [0.5, 0.6) is 0 Å². The van der Waals surface area contributed by atoms with Crippen LogP contribution in [0.1, 0.15) is 0 Å². The number of hydrogen-bond acceptors (Lipinski definition) is 2. The Morgan fingerprint density at radius 3 is 2.92 bits per heavy atom. The van der Waals surface area contributed by atoms with Crippen LogP contribution in [0.3, 0.4) is 0 Å². The molecule has 0 saturated carbocycles. The summed E-state index contributed by atoms with van der Waals surface area (Å²) in [6.07, 6.45) is 12.6. The highest BCUT2D eigenvalue weighted by Gasteiger charge is 2.16. The first kappa shape index (κ1) is 13.2. The molecule has 5 aromatic rings. The van der Waals surface area contributed by atoms with E-state index < -0.39 is 0 Å². The third-order valence-electron chi connectivity index (χ3n) is 4.28. The minimum Gasteiger partial charge on any atom is -0.472 e. The highest BCUT2D eigenvalue weighted by Crippen LogP contribution is 2.35. The smallest absolute Gasteiger partial charge is 0.245 e. The lowest BCUT2D eigenvalue weighted by Crippen LogP contribution is -2.24. The van der Waals surface area contributed by atoms with Crippen LogP contribution in [0.25, 0.3) is 38.9 Å². The summed E-state index contributed by atoms with van der Waals surface area (Å²) in [4.78, 5) is 8.00. The minimum atomic E-state index is 0.730. The van der Waals surface area contributed by atoms with Gasteiger partial charge in [-0.05, 0) is 0 Å². The third-order valence-corrected chi connectivity index (χ3v) is 4.28. The summed E-state index contributed by atoms with van der Waals surface area (Å²) in [6.45, 7) is 0. The molecule has 6 nitrogen and oxygen atoms in total. The Kier molecular flexibility index (Phi) is 2.53. The van der Waals surface area contributed by atoms with Gasteiger partial charge in [0.25, 0.3) is 0 Å². The molecule has 118 valence electrons. The van der Waals surface area contributed by atoms with Crippen molar-refractivity contribution in [2.24, 2.45) is 14.1 Å². The van der Waals surface area contributed by atoms with E-state index in [1.165, 1.54) is 0 Å². The molecular formula is C18H15N5O. The second-order valence-electron chi connectivity index (χ2n) is 5.99. The fourth-order valence-electron chi connectivity index (χ4n) is 3.16. The maximum absolute atomic E-state index is 5.78. The molecule has 0 saturated heterocycles. The molecule has 1 N–H and O–H groups in total. The number of hydrogen-bond donors (Lipinski definition) is 1. The fourth-order valence-corrected chi connectivity index (χ4v) is 3.16. The molecule has 0 bridgehead atoms. The van der Waals surface area contributed by atoms with E-state index in [9.17, 15) is 0 Å². The van der Waals surface area contributed by atoms with E-state index in [-0.39, 0.29) is 0 Å². The van der Waals surface area contributed by atoms with Crippen LogP contribution in [-0.4, -0.2) is 19.1 Å². The second-order valence-corrected chi connectivity index (χ2v) is 5.99. The fraction of sp³-hybridized carbons (Fsp3) is 0.111. The molecule has 24 heavy (non-hydrogen) atoms. The summed E-state index contributed by atoms with van der Waals surface area (Å²) in [7, 11) is 3.90. The van der Waals surface area contributed by atoms with Gasteiger partial charge in [0.1, 0.15) is 0 Å². The first-order chi connectivity index (χ1) is 11.7. The third kappa shape index (κ3) is 1.76. The maximum Gasteiger partial charge on any atom is 0.245 e. The van der Waals surface area contributed by atoms with Gasteiger partial charge < -0.3 is 18.5 Å². The summed E-state index contributed by atoms with van der Waals surface area (Å²) >= 11 is 0. The molecule has 0 spiro atoms. The molecule has 0 radical (unpaired) electrons. The van der Waals surface area contributed by atoms with Gasteiger partial charge in [-0.1, -0.05) is 18.2 Å². The molecule has 6 heteroatoms. The first-order valence-electron chi connectivity index (χ1n) is 7.67. The van der Waals surface area contributed by atoms with Crippen LogP contribution in [0.2, 0.25) is 0 Å². The summed E-state index contributed by atoms with van der Waals surface area (Å²) < 4.78 is 11.4. The predicted octanol–water partition coefficient (Wildman–Crippen LogP) is 2.73. The molecule has 4 aromatic heterocycles. The Balaban J connectivity index is 1.80. The molecule has 0 aliphatic heterocycles. The van der Waals surface area contributed by atoms with E-state index >= 15 is 0 Å². The predicted molar refractivity (Wildman–Crippen MR) is 89.6 cm³/mol. The molecule has 0 fully saturated rings. The lowest BCUT2D eigenvalue weighted by Gasteiger charge is -2.00. The Bertz CT molecular complexity index is 1190. The van der Waals surface area contributed by atoms with Crippen molar-refractivity contribution in [1.29, 1.82) is 0 Å². The number of nitrogens with zero attached hydrogens (tertiary/aromatic N) is 4. The monoisotopic (exact) mass is 317 g/mol. The van der Waals surface area contributed by atoms with Gasteiger partial charge in [-0.25, -0.2) is 4.98 Å². The number of imidazole rings is 2. The standard InChI is InChI=1S/C18H15N5O/c1-21-6-7-23(11-21)18-17-14(9-24-18)12-4-3-5-13(16(12)20-17)15-8-22(2)10-19-15/h3-10,20H,1-2H3. The number of aromatic nitrogens is 5. The van der Waals surface area contributed by atoms with Gasteiger partial charge in [0.2, 0.25) is 12.2 Å². The Morgan fingerprint density at radius 1 is 1.25 bits per heavy atom. The SMILES string of the molecule is Cn1cnc(-c2cccc3c2[nH]c2c(-n4[c-][n+](C)cc4)occ23)c1. The van der Waals surface area contributed by atoms with E-state index in [1.807, 2.05) is 58.8 Å². The number of aromatic amines is 1. The molecule has 0 aliphatic carbocycles. The highest BCUT2D eigenvalue weighted by molar-refractivity contribution is 6.12. The highest BCUT2D eigenvalue weighted by atomic mass is 16.3. The van der Waals surface area contributed by atoms with Crippen LogP contribution < -0.4 is 4.57 Å². The van der Waals surface area contributed by atoms with Crippen molar-refractivity contribution < 1.29 is 8.98 Å². The molecular weight excluding hydrogens is 302 g/mol. The Hall–Kier alpha value is -3.28. The van der Waals surface area contributed by atoms with Gasteiger partial charge in [0.05, 0.1) is 36.4 Å². The molecule has 1 aromatic carbocycles. The molecule has 5 rings (SSSR count). The zero-order valence-electron chi connectivity index (χ0n) is 13.3. The van der Waals surface area contributed by atoms with Gasteiger partial charge in [0, 0.05) is 42.0 Å². The van der Waals surface area contributed by atoms with Crippen LogP contribution >= 0.6 is 0 Å². The van der Waals surface area contributed by atoms with E-state index in [1.54, 1.807) is 6.26 Å². The number of benzene rings is 1. The van der Waals surface area contributed by atoms with Gasteiger partial charge >= 0.3 is 0 Å². The Labute approximate surface area is 137 Å². The normalized spacial score (nSPS) is 11.8. The Morgan fingerprint density at radius 2 is 2.17 bits per heavy atom. The largest absolute Gasteiger partial charge is 0.472 e. The van der Waals surface area contributed by atoms with Crippen LogP contribution in [0.15, 0.2) is 53.8 Å². The van der Waals surface area contributed by atoms with Crippen molar-refractivity contribution in [3.63, 3.8) is 0 Å². The molecule has 0 amide bonds. The second kappa shape index (κ2) is 4.61. The number of para-hydroxylation sites is 1. The van der Waals surface area contributed by atoms with E-state index in [0.29, 0.717) is 0 Å². The lowest BCUT2D eigenvalue weighted by molar-refractivity contribution is -0.674. The van der Waals surface area contributed by atoms with E-state index in [2.05, 4.69) is 28.4 Å². The van der Waals surface area contributed by atoms with E-state index in [0.717, 1.165) is 38.9 Å². The number of furan rings is 1. The molecule has 4 heterocycles. The minimum absolute atomic E-state index is 0.730. The number of nitrogens with one attached hydrogen (secondary N) is 1. The summed E-state index contributed by atoms with van der Waals surface area (Å²) in [5.41, 5.74) is 4.05. The van der Waals surface area contributed by atoms with Crippen molar-refractivity contribution in [2.45, 2.75) is 0 Å². The van der Waals surface area contributed by atoms with Gasteiger partial charge in [-0.15, -0.1) is 0 Å². The van der Waals surface area contributed by atoms with Crippen molar-refractivity contribution in [3.05, 3.63) is 55.7 Å². The zero-order chi connectivity index (χ0) is 16.3. The maximum atomic E-state index is 5.78. The van der Waals surface area contributed by atoms with Gasteiger partial charge in [-0.2, -0.15) is 0 Å². The molecule has 0 aliphatic rings. The van der Waals surface area contributed by atoms with Crippen molar-refractivity contribution in [2.75, 3.05) is 0 Å². The average molecular weight is 317 g/mol. The average Bonchev–Trinajstić information content (AvgIpc) is 3.30. The molecule has 0 unspecified atom stereocenters. The number of rotatable bonds is 2. The first-order valence-corrected chi connectivity index (χ1v) is 7.67. The summed E-state index contributed by atoms with van der Waals surface area (Å²) in [5.74, 6) is 0.730. The number of H-pyrrole nitrogens is 1. The van der Waals surface area contributed by atoms with Crippen molar-refractivity contribution in [3.8, 4) is 17.1 Å². The number of fused-ring (bicyclic) bond motifs is 3.